The molecular formula is C20H23N7O. The van der Waals surface area contributed by atoms with Crippen molar-refractivity contribution in [2.24, 2.45) is 14.1 Å². The van der Waals surface area contributed by atoms with Gasteiger partial charge in [-0.05, 0) is 24.1 Å². The number of hydrogen-bond acceptors (Lipinski definition) is 5. The molecule has 3 heterocycles. The zero-order valence-electron chi connectivity index (χ0n) is 16.2. The minimum absolute atomic E-state index is 0.188. The molecule has 2 N–H and O–H groups in total. The highest BCUT2D eigenvalue weighted by Crippen LogP contribution is 2.19. The van der Waals surface area contributed by atoms with Gasteiger partial charge in [-0.1, -0.05) is 31.5 Å². The minimum Gasteiger partial charge on any atom is -0.352 e. The summed E-state index contributed by atoms with van der Waals surface area (Å²) in [5.41, 5.74) is 4.89. The number of hydrogen-bond donors (Lipinski definition) is 2. The molecule has 0 aliphatic rings. The zero-order chi connectivity index (χ0) is 19.7. The van der Waals surface area contributed by atoms with Gasteiger partial charge in [0.05, 0.1) is 11.4 Å². The van der Waals surface area contributed by atoms with Gasteiger partial charge in [-0.2, -0.15) is 10.2 Å². The molecule has 0 spiro atoms. The Labute approximate surface area is 162 Å². The summed E-state index contributed by atoms with van der Waals surface area (Å²) in [6.45, 7) is 2.62. The van der Waals surface area contributed by atoms with Crippen LogP contribution >= 0.6 is 0 Å². The third kappa shape index (κ3) is 3.40. The van der Waals surface area contributed by atoms with Gasteiger partial charge in [-0.15, -0.1) is 0 Å². The van der Waals surface area contributed by atoms with Crippen LogP contribution in [0.25, 0.3) is 22.3 Å². The van der Waals surface area contributed by atoms with Crippen molar-refractivity contribution in [3.8, 4) is 11.3 Å². The molecule has 0 bridgehead atoms. The molecule has 0 atom stereocenters. The lowest BCUT2D eigenvalue weighted by molar-refractivity contribution is 0.751. The van der Waals surface area contributed by atoms with Crippen molar-refractivity contribution in [2.45, 2.75) is 26.3 Å². The highest BCUT2D eigenvalue weighted by Gasteiger charge is 2.14. The second kappa shape index (κ2) is 7.30. The maximum Gasteiger partial charge on any atom is 0.278 e. The van der Waals surface area contributed by atoms with Crippen LogP contribution in [0.2, 0.25) is 0 Å². The maximum absolute atomic E-state index is 12.5. The van der Waals surface area contributed by atoms with E-state index in [9.17, 15) is 4.79 Å². The summed E-state index contributed by atoms with van der Waals surface area (Å²) in [7, 11) is 3.67. The summed E-state index contributed by atoms with van der Waals surface area (Å²) >= 11 is 0. The molecule has 8 heteroatoms. The molecule has 0 unspecified atom stereocenters. The molecule has 144 valence electrons. The summed E-state index contributed by atoms with van der Waals surface area (Å²) < 4.78 is 3.39. The van der Waals surface area contributed by atoms with E-state index in [0.717, 1.165) is 35.4 Å². The lowest BCUT2D eigenvalue weighted by atomic mass is 10.1. The summed E-state index contributed by atoms with van der Waals surface area (Å²) in [5, 5.41) is 12.1. The van der Waals surface area contributed by atoms with Gasteiger partial charge in [0.25, 0.3) is 5.56 Å². The Morgan fingerprint density at radius 2 is 2.04 bits per heavy atom. The first-order valence-corrected chi connectivity index (χ1v) is 9.34. The van der Waals surface area contributed by atoms with Crippen molar-refractivity contribution in [2.75, 3.05) is 5.32 Å². The Morgan fingerprint density at radius 1 is 1.18 bits per heavy atom. The van der Waals surface area contributed by atoms with Crippen molar-refractivity contribution < 1.29 is 0 Å². The Hall–Kier alpha value is -3.42. The van der Waals surface area contributed by atoms with Crippen LogP contribution < -0.4 is 10.9 Å². The molecule has 28 heavy (non-hydrogen) atoms. The molecule has 0 amide bonds. The largest absolute Gasteiger partial charge is 0.352 e. The van der Waals surface area contributed by atoms with Crippen molar-refractivity contribution >= 4 is 17.0 Å². The van der Waals surface area contributed by atoms with E-state index >= 15 is 0 Å². The van der Waals surface area contributed by atoms with E-state index in [1.165, 1.54) is 0 Å². The average molecular weight is 377 g/mol. The number of aryl methyl sites for hydroxylation is 3. The average Bonchev–Trinajstić information content (AvgIpc) is 3.25. The van der Waals surface area contributed by atoms with Crippen LogP contribution in [-0.2, 0) is 27.1 Å². The predicted octanol–water partition coefficient (Wildman–Crippen LogP) is 2.62. The van der Waals surface area contributed by atoms with Crippen LogP contribution in [0.1, 0.15) is 24.6 Å². The number of fused-ring (bicyclic) bond motifs is 1. The fourth-order valence-electron chi connectivity index (χ4n) is 3.33. The topological polar surface area (TPSA) is 93.4 Å². The van der Waals surface area contributed by atoms with Crippen LogP contribution in [-0.4, -0.2) is 29.5 Å². The maximum atomic E-state index is 12.5. The molecule has 0 fully saturated rings. The quantitative estimate of drug-likeness (QED) is 0.539. The lowest BCUT2D eigenvalue weighted by Gasteiger charge is -2.07. The third-order valence-electron chi connectivity index (χ3n) is 4.65. The first-order valence-electron chi connectivity index (χ1n) is 9.34. The van der Waals surface area contributed by atoms with E-state index in [1.807, 2.05) is 37.5 Å². The van der Waals surface area contributed by atoms with E-state index in [-0.39, 0.29) is 5.56 Å². The van der Waals surface area contributed by atoms with Crippen LogP contribution in [0.15, 0.2) is 41.3 Å². The van der Waals surface area contributed by atoms with E-state index in [2.05, 4.69) is 38.5 Å². The van der Waals surface area contributed by atoms with Gasteiger partial charge in [0.15, 0.2) is 5.52 Å². The lowest BCUT2D eigenvalue weighted by Crippen LogP contribution is -2.15. The molecule has 0 saturated heterocycles. The number of aromatic amines is 1. The molecule has 0 aliphatic carbocycles. The van der Waals surface area contributed by atoms with E-state index in [0.29, 0.717) is 23.5 Å². The van der Waals surface area contributed by atoms with E-state index in [1.54, 1.807) is 16.4 Å². The minimum atomic E-state index is -0.188. The SMILES string of the molecule is CCCc1nn(C)c2c(=O)[nH]c(NCc3cccc(-c4ccn(C)n4)c3)nc12. The van der Waals surface area contributed by atoms with Crippen LogP contribution in [0.4, 0.5) is 5.95 Å². The molecular weight excluding hydrogens is 354 g/mol. The number of nitrogens with one attached hydrogen (secondary N) is 2. The molecule has 4 aromatic rings. The second-order valence-corrected chi connectivity index (χ2v) is 6.86. The number of nitrogens with zero attached hydrogens (tertiary/aromatic N) is 5. The summed E-state index contributed by atoms with van der Waals surface area (Å²) in [5.74, 6) is 0.450. The zero-order valence-corrected chi connectivity index (χ0v) is 16.2. The van der Waals surface area contributed by atoms with Gasteiger partial charge in [0.2, 0.25) is 5.95 Å². The molecule has 0 saturated carbocycles. The number of rotatable bonds is 6. The Morgan fingerprint density at radius 3 is 2.79 bits per heavy atom. The molecule has 8 nitrogen and oxygen atoms in total. The number of benzene rings is 1. The molecule has 4 rings (SSSR count). The summed E-state index contributed by atoms with van der Waals surface area (Å²) in [6, 6.07) is 10.1. The first-order chi connectivity index (χ1) is 13.5. The highest BCUT2D eigenvalue weighted by molar-refractivity contribution is 5.77. The van der Waals surface area contributed by atoms with Crippen LogP contribution in [0, 0.1) is 0 Å². The Bertz CT molecular complexity index is 1180. The van der Waals surface area contributed by atoms with Crippen molar-refractivity contribution in [1.82, 2.24) is 29.5 Å². The highest BCUT2D eigenvalue weighted by atomic mass is 16.1. The van der Waals surface area contributed by atoms with E-state index < -0.39 is 0 Å². The van der Waals surface area contributed by atoms with Crippen molar-refractivity contribution in [3.05, 3.63) is 58.1 Å². The Kier molecular flexibility index (Phi) is 4.68. The van der Waals surface area contributed by atoms with Gasteiger partial charge < -0.3 is 5.32 Å². The molecule has 0 radical (unpaired) electrons. The van der Waals surface area contributed by atoms with Gasteiger partial charge in [-0.25, -0.2) is 4.98 Å². The fraction of sp³-hybridized carbons (Fsp3) is 0.300. The number of H-pyrrole nitrogens is 1. The van der Waals surface area contributed by atoms with E-state index in [4.69, 9.17) is 0 Å². The normalized spacial score (nSPS) is 11.2. The summed E-state index contributed by atoms with van der Waals surface area (Å²) in [6.07, 6.45) is 3.66. The van der Waals surface area contributed by atoms with Crippen molar-refractivity contribution in [1.29, 1.82) is 0 Å². The van der Waals surface area contributed by atoms with Crippen LogP contribution in [0.3, 0.4) is 0 Å². The fourth-order valence-corrected chi connectivity index (χ4v) is 3.33. The van der Waals surface area contributed by atoms with Gasteiger partial charge in [0.1, 0.15) is 5.52 Å². The predicted molar refractivity (Wildman–Crippen MR) is 109 cm³/mol. The molecule has 0 aliphatic heterocycles. The van der Waals surface area contributed by atoms with Gasteiger partial charge in [-0.3, -0.25) is 19.1 Å². The Balaban J connectivity index is 1.59. The van der Waals surface area contributed by atoms with Gasteiger partial charge in [0, 0.05) is 32.4 Å². The standard InChI is InChI=1S/C20H23N7O/c1-4-6-16-17-18(27(3)25-16)19(28)23-20(22-17)21-12-13-7-5-8-14(11-13)15-9-10-26(2)24-15/h5,7-11H,4,6,12H2,1-3H3,(H2,21,22,23,28). The molecule has 3 aromatic heterocycles. The smallest absolute Gasteiger partial charge is 0.278 e. The third-order valence-corrected chi connectivity index (χ3v) is 4.65. The number of anilines is 1. The first kappa shape index (κ1) is 18.0. The number of aromatic nitrogens is 6. The van der Waals surface area contributed by atoms with Crippen LogP contribution in [0.5, 0.6) is 0 Å². The monoisotopic (exact) mass is 377 g/mol. The van der Waals surface area contributed by atoms with Crippen molar-refractivity contribution in [3.63, 3.8) is 0 Å². The van der Waals surface area contributed by atoms with Gasteiger partial charge >= 0.3 is 0 Å². The second-order valence-electron chi connectivity index (χ2n) is 6.86. The molecule has 1 aromatic carbocycles. The summed E-state index contributed by atoms with van der Waals surface area (Å²) in [4.78, 5) is 19.9.